The van der Waals surface area contributed by atoms with Crippen LogP contribution in [0.25, 0.3) is 11.1 Å². The van der Waals surface area contributed by atoms with E-state index in [9.17, 15) is 0 Å². The minimum absolute atomic E-state index is 0.335. The number of ether oxygens (including phenoxy) is 2. The average Bonchev–Trinajstić information content (AvgIpc) is 2.93. The predicted octanol–water partition coefficient (Wildman–Crippen LogP) is 4.02. The second kappa shape index (κ2) is 6.25. The van der Waals surface area contributed by atoms with Crippen LogP contribution in [0.15, 0.2) is 48.5 Å². The summed E-state index contributed by atoms with van der Waals surface area (Å²) < 4.78 is 11.8. The van der Waals surface area contributed by atoms with Crippen molar-refractivity contribution < 1.29 is 9.47 Å². The molecule has 2 bridgehead atoms. The average molecular weight is 309 g/mol. The summed E-state index contributed by atoms with van der Waals surface area (Å²) in [6, 6.07) is 17.8. The van der Waals surface area contributed by atoms with Gasteiger partial charge in [0.1, 0.15) is 17.6 Å². The van der Waals surface area contributed by atoms with Crippen LogP contribution in [-0.2, 0) is 0 Å². The summed E-state index contributed by atoms with van der Waals surface area (Å²) in [6.45, 7) is 0. The Hall–Kier alpha value is -2.00. The maximum atomic E-state index is 6.29. The van der Waals surface area contributed by atoms with Crippen molar-refractivity contribution in [3.8, 4) is 22.6 Å². The summed E-state index contributed by atoms with van der Waals surface area (Å²) in [5.74, 6) is 1.85. The highest BCUT2D eigenvalue weighted by atomic mass is 16.5. The lowest BCUT2D eigenvalue weighted by Crippen LogP contribution is -2.42. The van der Waals surface area contributed by atoms with Crippen LogP contribution in [0.4, 0.5) is 0 Å². The summed E-state index contributed by atoms with van der Waals surface area (Å²) in [4.78, 5) is 0. The minimum atomic E-state index is 0.335. The molecule has 0 spiro atoms. The molecule has 23 heavy (non-hydrogen) atoms. The van der Waals surface area contributed by atoms with Gasteiger partial charge in [0, 0.05) is 17.6 Å². The van der Waals surface area contributed by atoms with Gasteiger partial charge in [-0.2, -0.15) is 0 Å². The summed E-state index contributed by atoms with van der Waals surface area (Å²) in [5.41, 5.74) is 2.24. The number of piperidine rings is 1. The van der Waals surface area contributed by atoms with Gasteiger partial charge in [-0.25, -0.2) is 0 Å². The molecule has 2 aliphatic rings. The summed E-state index contributed by atoms with van der Waals surface area (Å²) in [7, 11) is 1.71. The van der Waals surface area contributed by atoms with Crippen LogP contribution >= 0.6 is 0 Å². The molecule has 4 rings (SSSR count). The highest BCUT2D eigenvalue weighted by Gasteiger charge is 2.34. The molecule has 3 nitrogen and oxygen atoms in total. The van der Waals surface area contributed by atoms with Crippen molar-refractivity contribution in [3.63, 3.8) is 0 Å². The van der Waals surface area contributed by atoms with Crippen LogP contribution in [0.5, 0.6) is 11.5 Å². The van der Waals surface area contributed by atoms with Crippen LogP contribution in [-0.4, -0.2) is 25.3 Å². The molecule has 2 heterocycles. The fourth-order valence-electron chi connectivity index (χ4n) is 3.91. The lowest BCUT2D eigenvalue weighted by atomic mass is 10.0. The van der Waals surface area contributed by atoms with E-state index in [4.69, 9.17) is 9.47 Å². The molecular weight excluding hydrogens is 286 g/mol. The van der Waals surface area contributed by atoms with Crippen molar-refractivity contribution in [1.29, 1.82) is 0 Å². The quantitative estimate of drug-likeness (QED) is 0.925. The summed E-state index contributed by atoms with van der Waals surface area (Å²) in [5, 5.41) is 3.66. The molecule has 2 fully saturated rings. The van der Waals surface area contributed by atoms with E-state index < -0.39 is 0 Å². The highest BCUT2D eigenvalue weighted by molar-refractivity contribution is 5.71. The Bertz CT molecular complexity index is 673. The van der Waals surface area contributed by atoms with Crippen LogP contribution in [0.2, 0.25) is 0 Å². The predicted molar refractivity (Wildman–Crippen MR) is 92.0 cm³/mol. The van der Waals surface area contributed by atoms with Crippen molar-refractivity contribution in [1.82, 2.24) is 5.32 Å². The molecule has 120 valence electrons. The first-order chi connectivity index (χ1) is 11.3. The second-order valence-electron chi connectivity index (χ2n) is 6.58. The van der Waals surface area contributed by atoms with Crippen molar-refractivity contribution in [2.75, 3.05) is 7.11 Å². The highest BCUT2D eigenvalue weighted by Crippen LogP contribution is 2.33. The van der Waals surface area contributed by atoms with E-state index in [1.807, 2.05) is 18.2 Å². The first-order valence-corrected chi connectivity index (χ1v) is 8.48. The molecule has 2 aromatic rings. The third kappa shape index (κ3) is 3.06. The standard InChI is InChI=1S/C20H23NO2/c1-22-20-8-3-2-7-19(20)14-5-4-6-17(11-14)23-18-12-15-9-10-16(13-18)21-15/h2-8,11,15-16,18,21H,9-10,12-13H2,1H3/t15-,16+,18-. The van der Waals surface area contributed by atoms with Gasteiger partial charge in [0.25, 0.3) is 0 Å². The van der Waals surface area contributed by atoms with E-state index in [0.717, 1.165) is 35.5 Å². The largest absolute Gasteiger partial charge is 0.496 e. The number of methoxy groups -OCH3 is 1. The number of rotatable bonds is 4. The first kappa shape index (κ1) is 14.6. The van der Waals surface area contributed by atoms with Gasteiger partial charge in [0.2, 0.25) is 0 Å². The van der Waals surface area contributed by atoms with Gasteiger partial charge in [-0.05, 0) is 49.4 Å². The molecule has 3 heteroatoms. The van der Waals surface area contributed by atoms with Gasteiger partial charge in [0.15, 0.2) is 0 Å². The third-order valence-electron chi connectivity index (χ3n) is 4.98. The normalized spacial score (nSPS) is 26.0. The summed E-state index contributed by atoms with van der Waals surface area (Å²) in [6.07, 6.45) is 5.17. The monoisotopic (exact) mass is 309 g/mol. The van der Waals surface area contributed by atoms with Crippen LogP contribution < -0.4 is 14.8 Å². The van der Waals surface area contributed by atoms with Crippen molar-refractivity contribution in [3.05, 3.63) is 48.5 Å². The number of hydrogen-bond donors (Lipinski definition) is 1. The van der Waals surface area contributed by atoms with Crippen molar-refractivity contribution in [2.45, 2.75) is 43.9 Å². The number of fused-ring (bicyclic) bond motifs is 2. The minimum Gasteiger partial charge on any atom is -0.496 e. The topological polar surface area (TPSA) is 30.5 Å². The zero-order chi connectivity index (χ0) is 15.6. The zero-order valence-electron chi connectivity index (χ0n) is 13.5. The Morgan fingerprint density at radius 2 is 1.74 bits per heavy atom. The third-order valence-corrected chi connectivity index (χ3v) is 4.98. The zero-order valence-corrected chi connectivity index (χ0v) is 13.5. The van der Waals surface area contributed by atoms with Gasteiger partial charge in [-0.3, -0.25) is 0 Å². The molecule has 0 saturated carbocycles. The molecule has 0 aliphatic carbocycles. The molecule has 0 unspecified atom stereocenters. The Labute approximate surface area is 137 Å². The maximum absolute atomic E-state index is 6.29. The lowest BCUT2D eigenvalue weighted by molar-refractivity contribution is 0.137. The van der Waals surface area contributed by atoms with Gasteiger partial charge >= 0.3 is 0 Å². The smallest absolute Gasteiger partial charge is 0.126 e. The molecule has 0 aromatic heterocycles. The number of hydrogen-bond acceptors (Lipinski definition) is 3. The fourth-order valence-corrected chi connectivity index (χ4v) is 3.91. The summed E-state index contributed by atoms with van der Waals surface area (Å²) >= 11 is 0. The van der Waals surface area contributed by atoms with E-state index in [1.165, 1.54) is 12.8 Å². The number of para-hydroxylation sites is 1. The fraction of sp³-hybridized carbons (Fsp3) is 0.400. The molecule has 2 aromatic carbocycles. The molecule has 3 atom stereocenters. The van der Waals surface area contributed by atoms with Crippen LogP contribution in [0.1, 0.15) is 25.7 Å². The maximum Gasteiger partial charge on any atom is 0.126 e. The molecule has 2 saturated heterocycles. The Morgan fingerprint density at radius 1 is 0.957 bits per heavy atom. The van der Waals surface area contributed by atoms with E-state index in [2.05, 4.69) is 35.6 Å². The number of benzene rings is 2. The molecule has 2 aliphatic heterocycles. The molecular formula is C20H23NO2. The van der Waals surface area contributed by atoms with E-state index >= 15 is 0 Å². The lowest BCUT2D eigenvalue weighted by Gasteiger charge is -2.29. The number of nitrogens with one attached hydrogen (secondary N) is 1. The SMILES string of the molecule is COc1ccccc1-c1cccc(O[C@@H]2C[C@H]3CC[C@@H](C2)N3)c1. The van der Waals surface area contributed by atoms with E-state index in [1.54, 1.807) is 7.11 Å². The Balaban J connectivity index is 1.54. The molecule has 0 amide bonds. The van der Waals surface area contributed by atoms with Crippen LogP contribution in [0.3, 0.4) is 0 Å². The van der Waals surface area contributed by atoms with E-state index in [0.29, 0.717) is 18.2 Å². The molecule has 1 N–H and O–H groups in total. The van der Waals surface area contributed by atoms with Gasteiger partial charge in [0.05, 0.1) is 7.11 Å². The van der Waals surface area contributed by atoms with E-state index in [-0.39, 0.29) is 0 Å². The van der Waals surface area contributed by atoms with Gasteiger partial charge in [-0.1, -0.05) is 30.3 Å². The van der Waals surface area contributed by atoms with Gasteiger partial charge in [-0.15, -0.1) is 0 Å². The first-order valence-electron chi connectivity index (χ1n) is 8.48. The van der Waals surface area contributed by atoms with Crippen molar-refractivity contribution in [2.24, 2.45) is 0 Å². The van der Waals surface area contributed by atoms with Gasteiger partial charge < -0.3 is 14.8 Å². The van der Waals surface area contributed by atoms with Crippen molar-refractivity contribution >= 4 is 0 Å². The Kier molecular flexibility index (Phi) is 3.96. The second-order valence-corrected chi connectivity index (χ2v) is 6.58. The Morgan fingerprint density at radius 3 is 2.52 bits per heavy atom. The van der Waals surface area contributed by atoms with Crippen LogP contribution in [0, 0.1) is 0 Å². The molecule has 0 radical (unpaired) electrons.